The highest BCUT2D eigenvalue weighted by molar-refractivity contribution is 7.99. The Kier molecular flexibility index (Phi) is 6.54. The van der Waals surface area contributed by atoms with Gasteiger partial charge in [0.1, 0.15) is 11.5 Å². The Balaban J connectivity index is 1.32. The number of carbonyl (C=O) groups is 1. The summed E-state index contributed by atoms with van der Waals surface area (Å²) in [5.74, 6) is 0.127. The van der Waals surface area contributed by atoms with E-state index >= 15 is 0 Å². The van der Waals surface area contributed by atoms with Gasteiger partial charge in [-0.05, 0) is 46.8 Å². The Labute approximate surface area is 189 Å². The van der Waals surface area contributed by atoms with Crippen LogP contribution in [0.15, 0.2) is 81.4 Å². The van der Waals surface area contributed by atoms with Crippen molar-refractivity contribution in [3.05, 3.63) is 78.1 Å². The topological polar surface area (TPSA) is 98.2 Å². The number of hydrogen-bond donors (Lipinski definition) is 1. The zero-order chi connectivity index (χ0) is 23.3. The summed E-state index contributed by atoms with van der Waals surface area (Å²) in [7, 11) is 0. The van der Waals surface area contributed by atoms with Crippen molar-refractivity contribution in [2.75, 3.05) is 5.75 Å². The molecule has 4 rings (SSSR count). The molecule has 0 aliphatic carbocycles. The molecule has 0 fully saturated rings. The fourth-order valence-electron chi connectivity index (χ4n) is 2.76. The maximum absolute atomic E-state index is 12.9. The van der Waals surface area contributed by atoms with Crippen LogP contribution in [0.5, 0.6) is 0 Å². The smallest absolute Gasteiger partial charge is 0.416 e. The van der Waals surface area contributed by atoms with Crippen molar-refractivity contribution in [2.24, 2.45) is 5.10 Å². The molecule has 0 unspecified atom stereocenters. The van der Waals surface area contributed by atoms with Crippen molar-refractivity contribution in [1.82, 2.24) is 25.6 Å². The predicted octanol–water partition coefficient (Wildman–Crippen LogP) is 4.18. The Bertz CT molecular complexity index is 1270. The summed E-state index contributed by atoms with van der Waals surface area (Å²) < 4.78 is 45.7. The van der Waals surface area contributed by atoms with Crippen LogP contribution < -0.4 is 5.43 Å². The molecular weight excluding hydrogens is 457 g/mol. The lowest BCUT2D eigenvalue weighted by Crippen LogP contribution is -2.19. The zero-order valence-electron chi connectivity index (χ0n) is 16.7. The molecule has 0 spiro atoms. The highest BCUT2D eigenvalue weighted by Crippen LogP contribution is 2.32. The minimum Gasteiger partial charge on any atom is -0.455 e. The number of nitrogens with zero attached hydrogens (tertiary/aromatic N) is 5. The van der Waals surface area contributed by atoms with E-state index in [-0.39, 0.29) is 22.8 Å². The number of halogens is 3. The van der Waals surface area contributed by atoms with Crippen LogP contribution in [0, 0.1) is 0 Å². The molecule has 1 amide bonds. The first-order chi connectivity index (χ1) is 15.9. The van der Waals surface area contributed by atoms with Crippen LogP contribution in [-0.2, 0) is 11.0 Å². The average Bonchev–Trinajstić information content (AvgIpc) is 3.48. The monoisotopic (exact) mass is 472 g/mol. The van der Waals surface area contributed by atoms with Gasteiger partial charge in [0.25, 0.3) is 5.91 Å². The molecule has 2 heterocycles. The molecule has 0 aliphatic heterocycles. The van der Waals surface area contributed by atoms with Gasteiger partial charge < -0.3 is 4.42 Å². The van der Waals surface area contributed by atoms with Crippen LogP contribution in [0.25, 0.3) is 17.0 Å². The van der Waals surface area contributed by atoms with E-state index in [1.807, 2.05) is 30.3 Å². The molecule has 0 atom stereocenters. The van der Waals surface area contributed by atoms with Gasteiger partial charge >= 0.3 is 6.18 Å². The van der Waals surface area contributed by atoms with Gasteiger partial charge in [-0.15, -0.1) is 5.10 Å². The number of amides is 1. The lowest BCUT2D eigenvalue weighted by atomic mass is 10.1. The normalized spacial score (nSPS) is 11.7. The summed E-state index contributed by atoms with van der Waals surface area (Å²) in [5, 5.41) is 15.7. The van der Waals surface area contributed by atoms with Gasteiger partial charge in [-0.1, -0.05) is 42.1 Å². The third-order valence-electron chi connectivity index (χ3n) is 4.26. The number of furan rings is 1. The van der Waals surface area contributed by atoms with Gasteiger partial charge in [-0.2, -0.15) is 23.0 Å². The molecule has 2 aromatic carbocycles. The number of carbonyl (C=O) groups excluding carboxylic acids is 1. The third-order valence-corrected chi connectivity index (χ3v) is 5.18. The van der Waals surface area contributed by atoms with Crippen LogP contribution >= 0.6 is 11.8 Å². The van der Waals surface area contributed by atoms with E-state index in [2.05, 4.69) is 26.1 Å². The van der Waals surface area contributed by atoms with Crippen molar-refractivity contribution in [1.29, 1.82) is 0 Å². The molecular formula is C21H15F3N6O2S. The second kappa shape index (κ2) is 9.69. The van der Waals surface area contributed by atoms with Crippen LogP contribution in [0.3, 0.4) is 0 Å². The summed E-state index contributed by atoms with van der Waals surface area (Å²) >= 11 is 1.13. The lowest BCUT2D eigenvalue weighted by Gasteiger charge is -2.07. The molecule has 1 N–H and O–H groups in total. The van der Waals surface area contributed by atoms with E-state index in [0.29, 0.717) is 5.16 Å². The molecule has 8 nitrogen and oxygen atoms in total. The highest BCUT2D eigenvalue weighted by atomic mass is 32.2. The second-order valence-corrected chi connectivity index (χ2v) is 7.51. The molecule has 0 bridgehead atoms. The van der Waals surface area contributed by atoms with Gasteiger partial charge in [0.05, 0.1) is 23.2 Å². The number of para-hydroxylation sites is 1. The number of thioether (sulfide) groups is 1. The fraction of sp³-hybridized carbons (Fsp3) is 0.0952. The number of aromatic nitrogens is 4. The van der Waals surface area contributed by atoms with Crippen LogP contribution in [0.1, 0.15) is 11.3 Å². The van der Waals surface area contributed by atoms with Crippen molar-refractivity contribution in [3.63, 3.8) is 0 Å². The lowest BCUT2D eigenvalue weighted by molar-refractivity contribution is -0.137. The molecule has 0 radical (unpaired) electrons. The van der Waals surface area contributed by atoms with Gasteiger partial charge in [-0.25, -0.2) is 5.43 Å². The van der Waals surface area contributed by atoms with Gasteiger partial charge in [0, 0.05) is 5.56 Å². The first kappa shape index (κ1) is 22.3. The summed E-state index contributed by atoms with van der Waals surface area (Å²) in [6.07, 6.45) is -3.19. The molecule has 0 aliphatic rings. The number of hydrogen-bond acceptors (Lipinski definition) is 7. The average molecular weight is 472 g/mol. The van der Waals surface area contributed by atoms with E-state index < -0.39 is 17.6 Å². The van der Waals surface area contributed by atoms with E-state index in [9.17, 15) is 18.0 Å². The first-order valence-corrected chi connectivity index (χ1v) is 10.4. The van der Waals surface area contributed by atoms with Crippen molar-refractivity contribution >= 4 is 23.9 Å². The Hall–Kier alpha value is -3.93. The zero-order valence-corrected chi connectivity index (χ0v) is 17.5. The second-order valence-electron chi connectivity index (χ2n) is 6.57. The molecule has 2 aromatic heterocycles. The summed E-state index contributed by atoms with van der Waals surface area (Å²) in [6, 6.07) is 17.1. The van der Waals surface area contributed by atoms with E-state index in [0.717, 1.165) is 29.6 Å². The number of tetrazole rings is 1. The van der Waals surface area contributed by atoms with E-state index in [4.69, 9.17) is 4.42 Å². The quantitative estimate of drug-likeness (QED) is 0.246. The molecule has 12 heteroatoms. The van der Waals surface area contributed by atoms with Gasteiger partial charge in [-0.3, -0.25) is 4.79 Å². The molecule has 0 saturated heterocycles. The first-order valence-electron chi connectivity index (χ1n) is 9.46. The fourth-order valence-corrected chi connectivity index (χ4v) is 3.44. The number of benzene rings is 2. The maximum Gasteiger partial charge on any atom is 0.416 e. The number of hydrazone groups is 1. The standard InChI is InChI=1S/C21H15F3N6O2S/c22-21(23,24)15-6-4-5-14(11-15)18-10-9-17(32-18)12-25-26-19(31)13-33-20-27-28-29-30(20)16-7-2-1-3-8-16/h1-12H,13H2,(H,26,31). The number of rotatable bonds is 7. The van der Waals surface area contributed by atoms with Crippen LogP contribution in [0.2, 0.25) is 0 Å². The summed E-state index contributed by atoms with van der Waals surface area (Å²) in [4.78, 5) is 12.1. The highest BCUT2D eigenvalue weighted by Gasteiger charge is 2.30. The minimum absolute atomic E-state index is 0.0121. The predicted molar refractivity (Wildman–Crippen MR) is 115 cm³/mol. The maximum atomic E-state index is 12.9. The third kappa shape index (κ3) is 5.66. The van der Waals surface area contributed by atoms with Crippen LogP contribution in [0.4, 0.5) is 13.2 Å². The largest absolute Gasteiger partial charge is 0.455 e. The molecule has 33 heavy (non-hydrogen) atoms. The van der Waals surface area contributed by atoms with Gasteiger partial charge in [0.15, 0.2) is 0 Å². The van der Waals surface area contributed by atoms with Crippen molar-refractivity contribution < 1.29 is 22.4 Å². The van der Waals surface area contributed by atoms with Crippen molar-refractivity contribution in [3.8, 4) is 17.0 Å². The molecule has 4 aromatic rings. The molecule has 168 valence electrons. The molecule has 0 saturated carbocycles. The SMILES string of the molecule is O=C(CSc1nnnn1-c1ccccc1)NN=Cc1ccc(-c2cccc(C(F)(F)F)c2)o1. The summed E-state index contributed by atoms with van der Waals surface area (Å²) in [5.41, 5.74) is 2.63. The van der Waals surface area contributed by atoms with Crippen molar-refractivity contribution in [2.45, 2.75) is 11.3 Å². The minimum atomic E-state index is -4.44. The summed E-state index contributed by atoms with van der Waals surface area (Å²) in [6.45, 7) is 0. The Morgan fingerprint density at radius 3 is 2.73 bits per heavy atom. The number of alkyl halides is 3. The van der Waals surface area contributed by atoms with Gasteiger partial charge in [0.2, 0.25) is 5.16 Å². The van der Waals surface area contributed by atoms with E-state index in [1.54, 1.807) is 0 Å². The Morgan fingerprint density at radius 2 is 1.94 bits per heavy atom. The van der Waals surface area contributed by atoms with Crippen LogP contribution in [-0.4, -0.2) is 38.1 Å². The van der Waals surface area contributed by atoms with E-state index in [1.165, 1.54) is 35.2 Å². The number of nitrogens with one attached hydrogen (secondary N) is 1. The Morgan fingerprint density at radius 1 is 1.12 bits per heavy atom.